The molecule has 5 heteroatoms. The van der Waals surface area contributed by atoms with Crippen LogP contribution in [0.1, 0.15) is 31.2 Å². The first kappa shape index (κ1) is 15.8. The fourth-order valence-electron chi connectivity index (χ4n) is 3.24. The Bertz CT molecular complexity index is 516. The van der Waals surface area contributed by atoms with Gasteiger partial charge in [0.1, 0.15) is 0 Å². The molecule has 2 saturated heterocycles. The molecular formula is C17H22ClNO3. The second-order valence-electron chi connectivity index (χ2n) is 5.85. The van der Waals surface area contributed by atoms with Crippen molar-refractivity contribution in [3.63, 3.8) is 0 Å². The van der Waals surface area contributed by atoms with Crippen molar-refractivity contribution in [3.8, 4) is 0 Å². The lowest BCUT2D eigenvalue weighted by Gasteiger charge is -2.38. The van der Waals surface area contributed by atoms with Crippen LogP contribution in [0.25, 0.3) is 0 Å². The van der Waals surface area contributed by atoms with Crippen molar-refractivity contribution < 1.29 is 14.3 Å². The molecular weight excluding hydrogens is 302 g/mol. The first-order valence-electron chi connectivity index (χ1n) is 8.02. The standard InChI is InChI=1S/C17H22ClNO3/c18-14-6-2-1-5-13(14)8-9-16(20)19-10-4-3-7-15(19)17-21-11-12-22-17/h1-2,5-6,15,17H,3-4,7-12H2/t15-/m1/s1. The van der Waals surface area contributed by atoms with Crippen LogP contribution in [0.15, 0.2) is 24.3 Å². The maximum Gasteiger partial charge on any atom is 0.223 e. The van der Waals surface area contributed by atoms with E-state index in [1.807, 2.05) is 29.2 Å². The van der Waals surface area contributed by atoms with Crippen molar-refractivity contribution in [1.29, 1.82) is 0 Å². The summed E-state index contributed by atoms with van der Waals surface area (Å²) >= 11 is 6.16. The summed E-state index contributed by atoms with van der Waals surface area (Å²) < 4.78 is 11.2. The Kier molecular flexibility index (Phi) is 5.34. The Morgan fingerprint density at radius 3 is 2.77 bits per heavy atom. The summed E-state index contributed by atoms with van der Waals surface area (Å²) in [5, 5.41) is 0.730. The first-order chi connectivity index (χ1) is 10.8. The highest BCUT2D eigenvalue weighted by Crippen LogP contribution is 2.25. The SMILES string of the molecule is O=C(CCc1ccccc1Cl)N1CCCC[C@@H]1C1OCCO1. The van der Waals surface area contributed by atoms with Crippen LogP contribution in [-0.2, 0) is 20.7 Å². The van der Waals surface area contributed by atoms with Crippen LogP contribution in [0.3, 0.4) is 0 Å². The topological polar surface area (TPSA) is 38.8 Å². The summed E-state index contributed by atoms with van der Waals surface area (Å²) in [4.78, 5) is 14.6. The van der Waals surface area contributed by atoms with Crippen LogP contribution in [0.2, 0.25) is 5.02 Å². The van der Waals surface area contributed by atoms with E-state index in [0.717, 1.165) is 36.4 Å². The number of rotatable bonds is 4. The van der Waals surface area contributed by atoms with E-state index in [4.69, 9.17) is 21.1 Å². The van der Waals surface area contributed by atoms with E-state index in [2.05, 4.69) is 0 Å². The zero-order valence-corrected chi connectivity index (χ0v) is 13.4. The largest absolute Gasteiger partial charge is 0.348 e. The summed E-state index contributed by atoms with van der Waals surface area (Å²) in [6.07, 6.45) is 4.05. The van der Waals surface area contributed by atoms with Gasteiger partial charge in [0.15, 0.2) is 6.29 Å². The van der Waals surface area contributed by atoms with E-state index in [9.17, 15) is 4.79 Å². The summed E-state index contributed by atoms with van der Waals surface area (Å²) in [6, 6.07) is 7.77. The summed E-state index contributed by atoms with van der Waals surface area (Å²) in [6.45, 7) is 2.06. The van der Waals surface area contributed by atoms with Crippen LogP contribution in [0.5, 0.6) is 0 Å². The normalized spacial score (nSPS) is 23.0. The lowest BCUT2D eigenvalue weighted by Crippen LogP contribution is -2.50. The lowest BCUT2D eigenvalue weighted by atomic mass is 10.00. The number of ether oxygens (including phenoxy) is 2. The molecule has 2 aliphatic heterocycles. The van der Waals surface area contributed by atoms with Crippen molar-refractivity contribution in [2.24, 2.45) is 0 Å². The van der Waals surface area contributed by atoms with Crippen LogP contribution >= 0.6 is 11.6 Å². The molecule has 0 aromatic heterocycles. The highest BCUT2D eigenvalue weighted by atomic mass is 35.5. The molecule has 0 unspecified atom stereocenters. The summed E-state index contributed by atoms with van der Waals surface area (Å²) in [5.74, 6) is 0.170. The molecule has 2 fully saturated rings. The van der Waals surface area contributed by atoms with Crippen LogP contribution in [0.4, 0.5) is 0 Å². The molecule has 1 aromatic rings. The van der Waals surface area contributed by atoms with E-state index >= 15 is 0 Å². The monoisotopic (exact) mass is 323 g/mol. The number of halogens is 1. The molecule has 0 N–H and O–H groups in total. The average Bonchev–Trinajstić information content (AvgIpc) is 3.08. The van der Waals surface area contributed by atoms with Gasteiger partial charge in [0.25, 0.3) is 0 Å². The van der Waals surface area contributed by atoms with Gasteiger partial charge >= 0.3 is 0 Å². The maximum atomic E-state index is 12.6. The number of hydrogen-bond donors (Lipinski definition) is 0. The minimum atomic E-state index is -0.246. The zero-order valence-electron chi connectivity index (χ0n) is 12.7. The van der Waals surface area contributed by atoms with Gasteiger partial charge in [0.05, 0.1) is 19.3 Å². The number of nitrogens with zero attached hydrogens (tertiary/aromatic N) is 1. The van der Waals surface area contributed by atoms with Crippen LogP contribution in [0, 0.1) is 0 Å². The molecule has 0 radical (unpaired) electrons. The second-order valence-corrected chi connectivity index (χ2v) is 6.26. The van der Waals surface area contributed by atoms with Gasteiger partial charge in [-0.15, -0.1) is 0 Å². The minimum Gasteiger partial charge on any atom is -0.348 e. The number of benzene rings is 1. The van der Waals surface area contributed by atoms with E-state index in [0.29, 0.717) is 26.1 Å². The fourth-order valence-corrected chi connectivity index (χ4v) is 3.47. The molecule has 0 aliphatic carbocycles. The number of likely N-dealkylation sites (tertiary alicyclic amines) is 1. The Labute approximate surface area is 136 Å². The predicted octanol–water partition coefficient (Wildman–Crippen LogP) is 3.03. The Hall–Kier alpha value is -1.10. The van der Waals surface area contributed by atoms with Gasteiger partial charge in [-0.05, 0) is 37.3 Å². The molecule has 0 bridgehead atoms. The van der Waals surface area contributed by atoms with Crippen molar-refractivity contribution in [2.75, 3.05) is 19.8 Å². The maximum absolute atomic E-state index is 12.6. The van der Waals surface area contributed by atoms with Crippen molar-refractivity contribution >= 4 is 17.5 Å². The molecule has 1 atom stereocenters. The van der Waals surface area contributed by atoms with Crippen molar-refractivity contribution in [1.82, 2.24) is 4.90 Å². The molecule has 120 valence electrons. The number of amides is 1. The molecule has 2 heterocycles. The number of carbonyl (C=O) groups excluding carboxylic acids is 1. The Morgan fingerprint density at radius 2 is 2.00 bits per heavy atom. The van der Waals surface area contributed by atoms with Gasteiger partial charge in [-0.1, -0.05) is 29.8 Å². The van der Waals surface area contributed by atoms with Gasteiger partial charge in [-0.2, -0.15) is 0 Å². The molecule has 0 saturated carbocycles. The predicted molar refractivity (Wildman–Crippen MR) is 84.8 cm³/mol. The lowest BCUT2D eigenvalue weighted by molar-refractivity contribution is -0.150. The average molecular weight is 324 g/mol. The second kappa shape index (κ2) is 7.44. The van der Waals surface area contributed by atoms with Crippen molar-refractivity contribution in [3.05, 3.63) is 34.9 Å². The minimum absolute atomic E-state index is 0.0648. The summed E-state index contributed by atoms with van der Waals surface area (Å²) in [5.41, 5.74) is 1.03. The number of aryl methyl sites for hydroxylation is 1. The number of piperidine rings is 1. The van der Waals surface area contributed by atoms with E-state index in [1.165, 1.54) is 0 Å². The molecule has 4 nitrogen and oxygen atoms in total. The van der Waals surface area contributed by atoms with Crippen LogP contribution < -0.4 is 0 Å². The van der Waals surface area contributed by atoms with Crippen molar-refractivity contribution in [2.45, 2.75) is 44.4 Å². The Morgan fingerprint density at radius 1 is 1.23 bits per heavy atom. The third-order valence-electron chi connectivity index (χ3n) is 4.40. The zero-order chi connectivity index (χ0) is 15.4. The molecule has 3 rings (SSSR count). The van der Waals surface area contributed by atoms with E-state index < -0.39 is 0 Å². The van der Waals surface area contributed by atoms with Gasteiger partial charge in [-0.3, -0.25) is 4.79 Å². The highest BCUT2D eigenvalue weighted by Gasteiger charge is 2.35. The Balaban J connectivity index is 1.61. The third-order valence-corrected chi connectivity index (χ3v) is 4.77. The molecule has 0 spiro atoms. The summed E-state index contributed by atoms with van der Waals surface area (Å²) in [7, 11) is 0. The number of carbonyl (C=O) groups is 1. The molecule has 2 aliphatic rings. The van der Waals surface area contributed by atoms with Gasteiger partial charge in [0, 0.05) is 18.0 Å². The van der Waals surface area contributed by atoms with Gasteiger partial charge in [0.2, 0.25) is 5.91 Å². The first-order valence-corrected chi connectivity index (χ1v) is 8.39. The third kappa shape index (κ3) is 3.62. The smallest absolute Gasteiger partial charge is 0.223 e. The molecule has 1 amide bonds. The highest BCUT2D eigenvalue weighted by molar-refractivity contribution is 6.31. The molecule has 1 aromatic carbocycles. The number of hydrogen-bond acceptors (Lipinski definition) is 3. The molecule has 22 heavy (non-hydrogen) atoms. The van der Waals surface area contributed by atoms with E-state index in [1.54, 1.807) is 0 Å². The fraction of sp³-hybridized carbons (Fsp3) is 0.588. The quantitative estimate of drug-likeness (QED) is 0.855. The van der Waals surface area contributed by atoms with Crippen LogP contribution in [-0.4, -0.2) is 42.9 Å². The van der Waals surface area contributed by atoms with Gasteiger partial charge < -0.3 is 14.4 Å². The van der Waals surface area contributed by atoms with E-state index in [-0.39, 0.29) is 18.2 Å². The van der Waals surface area contributed by atoms with Gasteiger partial charge in [-0.25, -0.2) is 0 Å².